The zero-order chi connectivity index (χ0) is 12.2. The lowest BCUT2D eigenvalue weighted by molar-refractivity contribution is 0.245. The number of aliphatic hydroxyl groups excluding tert-OH is 1. The number of rotatable bonds is 6. The van der Waals surface area contributed by atoms with Gasteiger partial charge < -0.3 is 10.4 Å². The maximum absolute atomic E-state index is 12.0. The Kier molecular flexibility index (Phi) is 5.17. The van der Waals surface area contributed by atoms with Crippen molar-refractivity contribution in [2.24, 2.45) is 0 Å². The molecule has 2 N–H and O–H groups in total. The second kappa shape index (κ2) is 5.95. The van der Waals surface area contributed by atoms with Crippen molar-refractivity contribution in [3.05, 3.63) is 0 Å². The molecular formula is C10H22N2O3S. The number of hydrogen-bond donors (Lipinski definition) is 2. The molecule has 0 radical (unpaired) electrons. The van der Waals surface area contributed by atoms with Crippen molar-refractivity contribution in [2.75, 3.05) is 26.2 Å². The van der Waals surface area contributed by atoms with Gasteiger partial charge in [0.05, 0.1) is 11.9 Å². The van der Waals surface area contributed by atoms with Gasteiger partial charge >= 0.3 is 0 Å². The summed E-state index contributed by atoms with van der Waals surface area (Å²) in [6.45, 7) is 4.83. The maximum Gasteiger partial charge on any atom is 0.216 e. The van der Waals surface area contributed by atoms with Crippen molar-refractivity contribution in [1.29, 1.82) is 0 Å². The van der Waals surface area contributed by atoms with Gasteiger partial charge in [-0.3, -0.25) is 0 Å². The van der Waals surface area contributed by atoms with Crippen LogP contribution in [0.4, 0.5) is 0 Å². The first-order chi connectivity index (χ1) is 7.48. The topological polar surface area (TPSA) is 69.6 Å². The van der Waals surface area contributed by atoms with Crippen LogP contribution < -0.4 is 5.32 Å². The Balaban J connectivity index is 2.66. The van der Waals surface area contributed by atoms with E-state index in [4.69, 9.17) is 5.11 Å². The first kappa shape index (κ1) is 13.9. The predicted molar refractivity (Wildman–Crippen MR) is 63.7 cm³/mol. The van der Waals surface area contributed by atoms with Gasteiger partial charge in [-0.1, -0.05) is 0 Å². The van der Waals surface area contributed by atoms with E-state index in [0.29, 0.717) is 6.54 Å². The highest BCUT2D eigenvalue weighted by Crippen LogP contribution is 2.13. The maximum atomic E-state index is 12.0. The second-order valence-corrected chi connectivity index (χ2v) is 6.96. The van der Waals surface area contributed by atoms with E-state index in [1.165, 1.54) is 4.31 Å². The van der Waals surface area contributed by atoms with Crippen LogP contribution >= 0.6 is 0 Å². The van der Waals surface area contributed by atoms with Gasteiger partial charge in [0, 0.05) is 19.1 Å². The smallest absolute Gasteiger partial charge is 0.216 e. The van der Waals surface area contributed by atoms with E-state index in [1.807, 2.05) is 0 Å². The third-order valence-corrected chi connectivity index (χ3v) is 5.13. The summed E-state index contributed by atoms with van der Waals surface area (Å²) in [5.74, 6) is 0. The summed E-state index contributed by atoms with van der Waals surface area (Å²) in [7, 11) is -3.26. The van der Waals surface area contributed by atoms with E-state index in [9.17, 15) is 8.42 Å². The van der Waals surface area contributed by atoms with E-state index in [2.05, 4.69) is 5.32 Å². The van der Waals surface area contributed by atoms with Gasteiger partial charge in [0.25, 0.3) is 0 Å². The first-order valence-corrected chi connectivity index (χ1v) is 7.32. The minimum absolute atomic E-state index is 0.126. The summed E-state index contributed by atoms with van der Waals surface area (Å²) in [5.41, 5.74) is 0. The Morgan fingerprint density at radius 3 is 2.62 bits per heavy atom. The molecule has 0 saturated carbocycles. The zero-order valence-electron chi connectivity index (χ0n) is 10.0. The van der Waals surface area contributed by atoms with Crippen LogP contribution in [0.2, 0.25) is 0 Å². The quantitative estimate of drug-likeness (QED) is 0.683. The fourth-order valence-corrected chi connectivity index (χ4v) is 3.21. The van der Waals surface area contributed by atoms with Crippen molar-refractivity contribution >= 4 is 10.0 Å². The molecule has 0 spiro atoms. The molecule has 0 amide bonds. The SMILES string of the molecule is CC(C)S(=O)(=O)N(CCO)CC1CCCN1. The van der Waals surface area contributed by atoms with E-state index in [1.54, 1.807) is 13.8 Å². The van der Waals surface area contributed by atoms with Crippen LogP contribution in [0, 0.1) is 0 Å². The van der Waals surface area contributed by atoms with Crippen LogP contribution in [0.3, 0.4) is 0 Å². The lowest BCUT2D eigenvalue weighted by Crippen LogP contribution is -2.45. The summed E-state index contributed by atoms with van der Waals surface area (Å²) in [5, 5.41) is 11.8. The molecule has 96 valence electrons. The van der Waals surface area contributed by atoms with Crippen LogP contribution in [-0.2, 0) is 10.0 Å². The van der Waals surface area contributed by atoms with Crippen LogP contribution in [-0.4, -0.2) is 55.4 Å². The molecule has 1 aliphatic rings. The Bertz CT molecular complexity index is 297. The number of nitrogens with one attached hydrogen (secondary N) is 1. The lowest BCUT2D eigenvalue weighted by atomic mass is 10.2. The summed E-state index contributed by atoms with van der Waals surface area (Å²) >= 11 is 0. The molecule has 6 heteroatoms. The monoisotopic (exact) mass is 250 g/mol. The normalized spacial score (nSPS) is 22.2. The number of hydrogen-bond acceptors (Lipinski definition) is 4. The van der Waals surface area contributed by atoms with Crippen molar-refractivity contribution in [3.8, 4) is 0 Å². The number of sulfonamides is 1. The summed E-state index contributed by atoms with van der Waals surface area (Å²) in [6, 6.07) is 0.236. The molecule has 0 aromatic rings. The van der Waals surface area contributed by atoms with Gasteiger partial charge in [0.1, 0.15) is 0 Å². The standard InChI is InChI=1S/C10H22N2O3S/c1-9(2)16(14,15)12(6-7-13)8-10-4-3-5-11-10/h9-11,13H,3-8H2,1-2H3. The third-order valence-electron chi connectivity index (χ3n) is 2.89. The minimum Gasteiger partial charge on any atom is -0.395 e. The van der Waals surface area contributed by atoms with Gasteiger partial charge in [-0.2, -0.15) is 4.31 Å². The summed E-state index contributed by atoms with van der Waals surface area (Å²) in [4.78, 5) is 0. The highest BCUT2D eigenvalue weighted by atomic mass is 32.2. The highest BCUT2D eigenvalue weighted by Gasteiger charge is 2.28. The molecule has 1 atom stereocenters. The molecule has 1 aliphatic heterocycles. The minimum atomic E-state index is -3.26. The van der Waals surface area contributed by atoms with Crippen LogP contribution in [0.5, 0.6) is 0 Å². The molecule has 0 aliphatic carbocycles. The molecule has 5 nitrogen and oxygen atoms in total. The molecular weight excluding hydrogens is 228 g/mol. The van der Waals surface area contributed by atoms with E-state index in [-0.39, 0.29) is 19.2 Å². The Morgan fingerprint density at radius 1 is 1.50 bits per heavy atom. The molecule has 1 rings (SSSR count). The molecule has 0 aromatic heterocycles. The van der Waals surface area contributed by atoms with Crippen LogP contribution in [0.1, 0.15) is 26.7 Å². The largest absolute Gasteiger partial charge is 0.395 e. The molecule has 1 heterocycles. The second-order valence-electron chi connectivity index (χ2n) is 4.47. The lowest BCUT2D eigenvalue weighted by Gasteiger charge is -2.26. The average molecular weight is 250 g/mol. The average Bonchev–Trinajstić information content (AvgIpc) is 2.69. The fourth-order valence-electron chi connectivity index (χ4n) is 1.89. The van der Waals surface area contributed by atoms with Crippen LogP contribution in [0.15, 0.2) is 0 Å². The van der Waals surface area contributed by atoms with E-state index < -0.39 is 15.3 Å². The molecule has 0 aromatic carbocycles. The predicted octanol–water partition coefficient (Wildman–Crippen LogP) is -0.229. The summed E-state index contributed by atoms with van der Waals surface area (Å²) in [6.07, 6.45) is 2.11. The number of nitrogens with zero attached hydrogens (tertiary/aromatic N) is 1. The molecule has 1 fully saturated rings. The Hall–Kier alpha value is -0.170. The van der Waals surface area contributed by atoms with Crippen molar-refractivity contribution in [2.45, 2.75) is 38.0 Å². The van der Waals surface area contributed by atoms with Crippen molar-refractivity contribution in [3.63, 3.8) is 0 Å². The van der Waals surface area contributed by atoms with E-state index >= 15 is 0 Å². The van der Waals surface area contributed by atoms with E-state index in [0.717, 1.165) is 19.4 Å². The van der Waals surface area contributed by atoms with Gasteiger partial charge in [-0.15, -0.1) is 0 Å². The van der Waals surface area contributed by atoms with Crippen molar-refractivity contribution < 1.29 is 13.5 Å². The van der Waals surface area contributed by atoms with Gasteiger partial charge in [0.2, 0.25) is 10.0 Å². The van der Waals surface area contributed by atoms with Crippen LogP contribution in [0.25, 0.3) is 0 Å². The number of aliphatic hydroxyl groups is 1. The van der Waals surface area contributed by atoms with Crippen molar-refractivity contribution in [1.82, 2.24) is 9.62 Å². The van der Waals surface area contributed by atoms with Gasteiger partial charge in [-0.25, -0.2) is 8.42 Å². The van der Waals surface area contributed by atoms with Gasteiger partial charge in [-0.05, 0) is 33.2 Å². The molecule has 1 saturated heterocycles. The molecule has 1 unspecified atom stereocenters. The zero-order valence-corrected chi connectivity index (χ0v) is 10.8. The summed E-state index contributed by atoms with van der Waals surface area (Å²) < 4.78 is 25.4. The Labute approximate surface area is 97.9 Å². The fraction of sp³-hybridized carbons (Fsp3) is 1.00. The third kappa shape index (κ3) is 3.41. The Morgan fingerprint density at radius 2 is 2.19 bits per heavy atom. The van der Waals surface area contributed by atoms with Gasteiger partial charge in [0.15, 0.2) is 0 Å². The molecule has 0 bridgehead atoms. The molecule has 16 heavy (non-hydrogen) atoms. The highest BCUT2D eigenvalue weighted by molar-refractivity contribution is 7.89. The first-order valence-electron chi connectivity index (χ1n) is 5.81.